The van der Waals surface area contributed by atoms with Crippen molar-refractivity contribution in [2.45, 2.75) is 44.9 Å². The highest BCUT2D eigenvalue weighted by atomic mass is 16.5. The minimum atomic E-state index is -0.233. The Labute approximate surface area is 195 Å². The van der Waals surface area contributed by atoms with Crippen molar-refractivity contribution in [3.63, 3.8) is 0 Å². The van der Waals surface area contributed by atoms with E-state index in [1.54, 1.807) is 30.3 Å². The van der Waals surface area contributed by atoms with Crippen molar-refractivity contribution >= 4 is 23.2 Å². The van der Waals surface area contributed by atoms with Crippen molar-refractivity contribution in [2.75, 3.05) is 17.2 Å². The number of carbonyl (C=O) groups is 2. The zero-order chi connectivity index (χ0) is 23.0. The quantitative estimate of drug-likeness (QED) is 0.450. The lowest BCUT2D eigenvalue weighted by Gasteiger charge is -2.22. The fraction of sp³-hybridized carbons (Fsp3) is 0.286. The Hall–Kier alpha value is -3.60. The molecule has 3 aromatic rings. The highest BCUT2D eigenvalue weighted by Gasteiger charge is 2.15. The van der Waals surface area contributed by atoms with Gasteiger partial charge in [0, 0.05) is 16.9 Å². The van der Waals surface area contributed by atoms with E-state index in [0.29, 0.717) is 28.6 Å². The molecule has 170 valence electrons. The number of anilines is 2. The van der Waals surface area contributed by atoms with Gasteiger partial charge >= 0.3 is 0 Å². The van der Waals surface area contributed by atoms with Crippen LogP contribution in [0.4, 0.5) is 11.4 Å². The van der Waals surface area contributed by atoms with Gasteiger partial charge in [-0.3, -0.25) is 9.59 Å². The molecule has 4 rings (SSSR count). The maximum absolute atomic E-state index is 12.4. The van der Waals surface area contributed by atoms with Crippen molar-refractivity contribution in [1.82, 2.24) is 0 Å². The standard InChI is InChI=1S/C28H30N2O3/c1-20-6-5-9-23(18-20)28(32)30-25-14-12-24(13-15-25)29-27(31)19-33-26-16-10-22(11-17-26)21-7-3-2-4-8-21/h5-6,9-18,21H,2-4,7-8,19H2,1H3,(H,29,31)(H,30,32). The molecule has 5 nitrogen and oxygen atoms in total. The topological polar surface area (TPSA) is 67.4 Å². The molecule has 0 heterocycles. The van der Waals surface area contributed by atoms with Gasteiger partial charge in [-0.1, -0.05) is 49.1 Å². The Kier molecular flexibility index (Phi) is 7.40. The first kappa shape index (κ1) is 22.6. The van der Waals surface area contributed by atoms with Crippen LogP contribution in [0.15, 0.2) is 72.8 Å². The summed E-state index contributed by atoms with van der Waals surface area (Å²) >= 11 is 0. The number of hydrogen-bond acceptors (Lipinski definition) is 3. The van der Waals surface area contributed by atoms with Gasteiger partial charge in [-0.05, 0) is 79.8 Å². The highest BCUT2D eigenvalue weighted by molar-refractivity contribution is 6.04. The van der Waals surface area contributed by atoms with Crippen LogP contribution in [-0.4, -0.2) is 18.4 Å². The van der Waals surface area contributed by atoms with E-state index >= 15 is 0 Å². The molecule has 0 radical (unpaired) electrons. The third kappa shape index (κ3) is 6.45. The molecule has 1 saturated carbocycles. The molecule has 1 aliphatic rings. The van der Waals surface area contributed by atoms with Gasteiger partial charge in [0.05, 0.1) is 0 Å². The van der Waals surface area contributed by atoms with Gasteiger partial charge in [0.25, 0.3) is 11.8 Å². The zero-order valence-electron chi connectivity index (χ0n) is 19.0. The van der Waals surface area contributed by atoms with Crippen molar-refractivity contribution in [1.29, 1.82) is 0 Å². The Morgan fingerprint density at radius 1 is 0.848 bits per heavy atom. The minimum absolute atomic E-state index is 0.0609. The van der Waals surface area contributed by atoms with Crippen molar-refractivity contribution in [3.05, 3.63) is 89.5 Å². The summed E-state index contributed by atoms with van der Waals surface area (Å²) in [5.74, 6) is 0.945. The number of benzene rings is 3. The number of nitrogens with one attached hydrogen (secondary N) is 2. The molecule has 2 amide bonds. The summed E-state index contributed by atoms with van der Waals surface area (Å²) in [5.41, 5.74) is 4.30. The first-order valence-corrected chi connectivity index (χ1v) is 11.6. The van der Waals surface area contributed by atoms with Crippen LogP contribution in [0.25, 0.3) is 0 Å². The fourth-order valence-corrected chi connectivity index (χ4v) is 4.24. The van der Waals surface area contributed by atoms with Gasteiger partial charge in [-0.25, -0.2) is 0 Å². The van der Waals surface area contributed by atoms with Crippen molar-refractivity contribution in [3.8, 4) is 5.75 Å². The predicted molar refractivity (Wildman–Crippen MR) is 132 cm³/mol. The lowest BCUT2D eigenvalue weighted by Crippen LogP contribution is -2.20. The van der Waals surface area contributed by atoms with Gasteiger partial charge in [0.15, 0.2) is 6.61 Å². The molecule has 0 aromatic heterocycles. The molecule has 33 heavy (non-hydrogen) atoms. The van der Waals surface area contributed by atoms with Crippen LogP contribution in [0.5, 0.6) is 5.75 Å². The largest absolute Gasteiger partial charge is 0.484 e. The lowest BCUT2D eigenvalue weighted by atomic mass is 9.84. The summed E-state index contributed by atoms with van der Waals surface area (Å²) in [6.45, 7) is 1.89. The van der Waals surface area contributed by atoms with E-state index in [1.807, 2.05) is 37.3 Å². The Morgan fingerprint density at radius 2 is 1.52 bits per heavy atom. The van der Waals surface area contributed by atoms with Crippen LogP contribution in [0.1, 0.15) is 59.5 Å². The lowest BCUT2D eigenvalue weighted by molar-refractivity contribution is -0.118. The summed E-state index contributed by atoms with van der Waals surface area (Å²) in [6, 6.07) is 22.6. The molecule has 1 aliphatic carbocycles. The Balaban J connectivity index is 1.24. The van der Waals surface area contributed by atoms with E-state index < -0.39 is 0 Å². The summed E-state index contributed by atoms with van der Waals surface area (Å²) in [4.78, 5) is 24.6. The molecule has 0 spiro atoms. The molecule has 0 atom stereocenters. The molecule has 0 saturated heterocycles. The monoisotopic (exact) mass is 442 g/mol. The minimum Gasteiger partial charge on any atom is -0.484 e. The second-order valence-electron chi connectivity index (χ2n) is 8.64. The molecule has 1 fully saturated rings. The molecule has 0 unspecified atom stereocenters. The molecular weight excluding hydrogens is 412 g/mol. The van der Waals surface area contributed by atoms with E-state index in [0.717, 1.165) is 5.56 Å². The number of rotatable bonds is 7. The predicted octanol–water partition coefficient (Wildman–Crippen LogP) is 6.31. The molecular formula is C28H30N2O3. The van der Waals surface area contributed by atoms with E-state index in [-0.39, 0.29) is 18.4 Å². The highest BCUT2D eigenvalue weighted by Crippen LogP contribution is 2.33. The van der Waals surface area contributed by atoms with Crippen molar-refractivity contribution in [2.24, 2.45) is 0 Å². The number of ether oxygens (including phenoxy) is 1. The molecule has 5 heteroatoms. The van der Waals surface area contributed by atoms with Crippen LogP contribution in [0.3, 0.4) is 0 Å². The van der Waals surface area contributed by atoms with E-state index in [2.05, 4.69) is 22.8 Å². The van der Waals surface area contributed by atoms with Gasteiger partial charge in [0.1, 0.15) is 5.75 Å². The summed E-state index contributed by atoms with van der Waals surface area (Å²) in [6.07, 6.45) is 6.48. The average Bonchev–Trinajstić information content (AvgIpc) is 2.85. The second-order valence-corrected chi connectivity index (χ2v) is 8.64. The van der Waals surface area contributed by atoms with Crippen molar-refractivity contribution < 1.29 is 14.3 Å². The molecule has 0 bridgehead atoms. The second kappa shape index (κ2) is 10.8. The summed E-state index contributed by atoms with van der Waals surface area (Å²) in [5, 5.41) is 5.68. The maximum atomic E-state index is 12.4. The third-order valence-electron chi connectivity index (χ3n) is 6.03. The van der Waals surface area contributed by atoms with Gasteiger partial charge in [-0.15, -0.1) is 0 Å². The Morgan fingerprint density at radius 3 is 2.18 bits per heavy atom. The van der Waals surface area contributed by atoms with E-state index in [4.69, 9.17) is 4.74 Å². The van der Waals surface area contributed by atoms with Crippen LogP contribution in [0.2, 0.25) is 0 Å². The number of carbonyl (C=O) groups excluding carboxylic acids is 2. The summed E-state index contributed by atoms with van der Waals surface area (Å²) in [7, 11) is 0. The molecule has 3 aromatic carbocycles. The average molecular weight is 443 g/mol. The smallest absolute Gasteiger partial charge is 0.262 e. The van der Waals surface area contributed by atoms with E-state index in [9.17, 15) is 9.59 Å². The fourth-order valence-electron chi connectivity index (χ4n) is 4.24. The first-order chi connectivity index (χ1) is 16.1. The maximum Gasteiger partial charge on any atom is 0.262 e. The van der Waals surface area contributed by atoms with Gasteiger partial charge in [0.2, 0.25) is 0 Å². The van der Waals surface area contributed by atoms with Crippen LogP contribution >= 0.6 is 0 Å². The Bertz CT molecular complexity index is 1080. The summed E-state index contributed by atoms with van der Waals surface area (Å²) < 4.78 is 5.65. The number of amides is 2. The van der Waals surface area contributed by atoms with Gasteiger partial charge < -0.3 is 15.4 Å². The zero-order valence-corrected chi connectivity index (χ0v) is 19.0. The normalized spacial score (nSPS) is 13.8. The number of hydrogen-bond donors (Lipinski definition) is 2. The van der Waals surface area contributed by atoms with Crippen LogP contribution < -0.4 is 15.4 Å². The number of aryl methyl sites for hydroxylation is 1. The third-order valence-corrected chi connectivity index (χ3v) is 6.03. The molecule has 0 aliphatic heterocycles. The van der Waals surface area contributed by atoms with E-state index in [1.165, 1.54) is 37.7 Å². The first-order valence-electron chi connectivity index (χ1n) is 11.6. The van der Waals surface area contributed by atoms with Gasteiger partial charge in [-0.2, -0.15) is 0 Å². The van der Waals surface area contributed by atoms with Crippen LogP contribution in [0, 0.1) is 6.92 Å². The SMILES string of the molecule is Cc1cccc(C(=O)Nc2ccc(NC(=O)COc3ccc(C4CCCCC4)cc3)cc2)c1. The molecule has 2 N–H and O–H groups in total. The van der Waals surface area contributed by atoms with Crippen LogP contribution in [-0.2, 0) is 4.79 Å².